The second-order valence-electron chi connectivity index (χ2n) is 7.08. The normalized spacial score (nSPS) is 12.5. The van der Waals surface area contributed by atoms with Crippen LogP contribution in [0.1, 0.15) is 41.2 Å². The van der Waals surface area contributed by atoms with Gasteiger partial charge < -0.3 is 9.64 Å². The molecule has 0 saturated carbocycles. The lowest BCUT2D eigenvalue weighted by Crippen LogP contribution is -2.31. The molecule has 0 N–H and O–H groups in total. The van der Waals surface area contributed by atoms with Gasteiger partial charge in [0.15, 0.2) is 17.3 Å². The summed E-state index contributed by atoms with van der Waals surface area (Å²) >= 11 is 0. The maximum atomic E-state index is 11.1. The number of carbonyl (C=O) groups is 1. The summed E-state index contributed by atoms with van der Waals surface area (Å²) in [6.07, 6.45) is 1.84. The predicted octanol–water partition coefficient (Wildman–Crippen LogP) is 4.25. The van der Waals surface area contributed by atoms with Crippen molar-refractivity contribution in [2.45, 2.75) is 33.7 Å². The third-order valence-electron chi connectivity index (χ3n) is 5.08. The molecule has 7 heteroatoms. The number of hydrogen-bond acceptors (Lipinski definition) is 6. The Morgan fingerprint density at radius 2 is 1.71 bits per heavy atom. The van der Waals surface area contributed by atoms with Gasteiger partial charge in [0.25, 0.3) is 0 Å². The molecule has 4 aromatic rings. The van der Waals surface area contributed by atoms with Crippen molar-refractivity contribution in [1.29, 1.82) is 0 Å². The van der Waals surface area contributed by atoms with Gasteiger partial charge in [0.1, 0.15) is 6.29 Å². The van der Waals surface area contributed by atoms with Gasteiger partial charge in [0.05, 0.1) is 0 Å². The van der Waals surface area contributed by atoms with Crippen LogP contribution in [0.2, 0.25) is 0 Å². The number of aldehydes is 1. The minimum Gasteiger partial charge on any atom is -0.388 e. The Hall–Kier alpha value is -3.32. The van der Waals surface area contributed by atoms with E-state index in [0.717, 1.165) is 53.9 Å². The SMILES string of the molecule is CC.COC.Cc1nnc2c3ccccc3c(N3CCc4ccc(C=O)cc4C3)nn12. The van der Waals surface area contributed by atoms with Crippen LogP contribution in [0.15, 0.2) is 42.5 Å². The fourth-order valence-electron chi connectivity index (χ4n) is 3.73. The van der Waals surface area contributed by atoms with Gasteiger partial charge in [-0.25, -0.2) is 0 Å². The smallest absolute Gasteiger partial charge is 0.185 e. The summed E-state index contributed by atoms with van der Waals surface area (Å²) in [4.78, 5) is 13.4. The standard InChI is InChI=1S/C20H17N5O.C2H6O.C2H6/c1-13-21-22-19-17-4-2-3-5-18(17)20(23-25(13)19)24-9-8-15-7-6-14(12-26)10-16(15)11-24;1-3-2;1-2/h2-7,10,12H,8-9,11H2,1H3;1-2H3;1-2H3. The lowest BCUT2D eigenvalue weighted by molar-refractivity contribution is 0.112. The van der Waals surface area contributed by atoms with Crippen LogP contribution in [0.25, 0.3) is 16.4 Å². The summed E-state index contributed by atoms with van der Waals surface area (Å²) in [5, 5.41) is 15.4. The molecule has 1 aliphatic heterocycles. The van der Waals surface area contributed by atoms with Crippen LogP contribution in [0, 0.1) is 6.92 Å². The number of fused-ring (bicyclic) bond motifs is 4. The van der Waals surface area contributed by atoms with Gasteiger partial charge in [-0.05, 0) is 30.5 Å². The van der Waals surface area contributed by atoms with Crippen LogP contribution in [0.4, 0.5) is 5.82 Å². The molecule has 5 rings (SSSR count). The molecular formula is C24H29N5O2. The number of methoxy groups -OCH3 is 1. The van der Waals surface area contributed by atoms with Crippen molar-refractivity contribution >= 4 is 28.5 Å². The van der Waals surface area contributed by atoms with E-state index >= 15 is 0 Å². The molecule has 0 aliphatic carbocycles. The first-order valence-corrected chi connectivity index (χ1v) is 10.5. The minimum atomic E-state index is 0.716. The van der Waals surface area contributed by atoms with E-state index in [4.69, 9.17) is 5.10 Å². The Morgan fingerprint density at radius 1 is 1.00 bits per heavy atom. The van der Waals surface area contributed by atoms with Crippen molar-refractivity contribution in [3.8, 4) is 0 Å². The molecule has 31 heavy (non-hydrogen) atoms. The molecule has 0 amide bonds. The van der Waals surface area contributed by atoms with Crippen LogP contribution >= 0.6 is 0 Å². The molecule has 0 fully saturated rings. The van der Waals surface area contributed by atoms with Gasteiger partial charge in [-0.2, -0.15) is 4.52 Å². The van der Waals surface area contributed by atoms with E-state index < -0.39 is 0 Å². The summed E-state index contributed by atoms with van der Waals surface area (Å²) in [6, 6.07) is 14.1. The summed E-state index contributed by atoms with van der Waals surface area (Å²) in [7, 11) is 3.25. The monoisotopic (exact) mass is 419 g/mol. The Kier molecular flexibility index (Phi) is 7.31. The van der Waals surface area contributed by atoms with Gasteiger partial charge in [-0.15, -0.1) is 15.3 Å². The molecule has 0 atom stereocenters. The Bertz CT molecular complexity index is 1190. The first-order chi connectivity index (χ1) is 15.2. The fourth-order valence-corrected chi connectivity index (χ4v) is 3.73. The summed E-state index contributed by atoms with van der Waals surface area (Å²) < 4.78 is 6.06. The van der Waals surface area contributed by atoms with E-state index in [1.807, 2.05) is 49.6 Å². The third kappa shape index (κ3) is 4.41. The first kappa shape index (κ1) is 22.4. The highest BCUT2D eigenvalue weighted by Crippen LogP contribution is 2.31. The van der Waals surface area contributed by atoms with E-state index in [1.165, 1.54) is 11.1 Å². The zero-order chi connectivity index (χ0) is 22.4. The minimum absolute atomic E-state index is 0.716. The first-order valence-electron chi connectivity index (χ1n) is 10.5. The maximum Gasteiger partial charge on any atom is 0.185 e. The van der Waals surface area contributed by atoms with Gasteiger partial charge in [0, 0.05) is 43.6 Å². The number of aryl methyl sites for hydroxylation is 1. The summed E-state index contributed by atoms with van der Waals surface area (Å²) in [5.74, 6) is 1.70. The molecule has 0 spiro atoms. The summed E-state index contributed by atoms with van der Waals surface area (Å²) in [5.41, 5.74) is 3.99. The maximum absolute atomic E-state index is 11.1. The molecule has 2 aromatic heterocycles. The van der Waals surface area contributed by atoms with Crippen LogP contribution in [-0.2, 0) is 17.7 Å². The van der Waals surface area contributed by atoms with E-state index in [2.05, 4.69) is 38.0 Å². The van der Waals surface area contributed by atoms with Crippen LogP contribution < -0.4 is 4.90 Å². The van der Waals surface area contributed by atoms with Gasteiger partial charge in [-0.3, -0.25) is 4.79 Å². The van der Waals surface area contributed by atoms with E-state index in [9.17, 15) is 4.79 Å². The molecule has 0 unspecified atom stereocenters. The largest absolute Gasteiger partial charge is 0.388 e. The highest BCUT2D eigenvalue weighted by molar-refractivity contribution is 6.00. The molecule has 0 bridgehead atoms. The summed E-state index contributed by atoms with van der Waals surface area (Å²) in [6.45, 7) is 7.53. The van der Waals surface area contributed by atoms with Crippen LogP contribution in [-0.4, -0.2) is 46.9 Å². The number of anilines is 1. The average molecular weight is 420 g/mol. The highest BCUT2D eigenvalue weighted by Gasteiger charge is 2.21. The Balaban J connectivity index is 0.000000504. The highest BCUT2D eigenvalue weighted by atomic mass is 16.4. The number of hydrogen-bond donors (Lipinski definition) is 0. The van der Waals surface area contributed by atoms with Crippen molar-refractivity contribution in [2.75, 3.05) is 25.7 Å². The topological polar surface area (TPSA) is 72.6 Å². The molecule has 162 valence electrons. The zero-order valence-corrected chi connectivity index (χ0v) is 18.8. The van der Waals surface area contributed by atoms with Crippen molar-refractivity contribution in [1.82, 2.24) is 19.8 Å². The molecular weight excluding hydrogens is 390 g/mol. The molecule has 1 aliphatic rings. The molecule has 0 radical (unpaired) electrons. The second-order valence-corrected chi connectivity index (χ2v) is 7.08. The van der Waals surface area contributed by atoms with Crippen LogP contribution in [0.3, 0.4) is 0 Å². The van der Waals surface area contributed by atoms with E-state index in [1.54, 1.807) is 14.2 Å². The Morgan fingerprint density at radius 3 is 2.42 bits per heavy atom. The van der Waals surface area contributed by atoms with Crippen molar-refractivity contribution in [3.63, 3.8) is 0 Å². The Labute approximate surface area is 182 Å². The predicted molar refractivity (Wildman–Crippen MR) is 124 cm³/mol. The average Bonchev–Trinajstić information content (AvgIpc) is 3.20. The number of aromatic nitrogens is 4. The van der Waals surface area contributed by atoms with Gasteiger partial charge in [-0.1, -0.05) is 50.2 Å². The second kappa shape index (κ2) is 10.1. The quantitative estimate of drug-likeness (QED) is 0.452. The zero-order valence-electron chi connectivity index (χ0n) is 18.8. The fraction of sp³-hybridized carbons (Fsp3) is 0.333. The van der Waals surface area contributed by atoms with Crippen molar-refractivity contribution in [3.05, 3.63) is 65.0 Å². The number of benzene rings is 2. The van der Waals surface area contributed by atoms with Crippen LogP contribution in [0.5, 0.6) is 0 Å². The molecule has 3 heterocycles. The lowest BCUT2D eigenvalue weighted by atomic mass is 9.97. The van der Waals surface area contributed by atoms with Gasteiger partial charge in [0.2, 0.25) is 0 Å². The van der Waals surface area contributed by atoms with Crippen molar-refractivity contribution < 1.29 is 9.53 Å². The van der Waals surface area contributed by atoms with Gasteiger partial charge >= 0.3 is 0 Å². The molecule has 2 aromatic carbocycles. The van der Waals surface area contributed by atoms with E-state index in [-0.39, 0.29) is 0 Å². The third-order valence-corrected chi connectivity index (χ3v) is 5.08. The number of carbonyl (C=O) groups excluding carboxylic acids is 1. The number of ether oxygens (including phenoxy) is 1. The lowest BCUT2D eigenvalue weighted by Gasteiger charge is -2.30. The van der Waals surface area contributed by atoms with E-state index in [0.29, 0.717) is 5.56 Å². The molecule has 7 nitrogen and oxygen atoms in total. The number of nitrogens with zero attached hydrogens (tertiary/aromatic N) is 5. The molecule has 0 saturated heterocycles. The van der Waals surface area contributed by atoms with Crippen molar-refractivity contribution in [2.24, 2.45) is 0 Å². The number of rotatable bonds is 2.